The topological polar surface area (TPSA) is 34.5 Å². The number of rotatable bonds is 5. The molecule has 146 valence electrons. The van der Waals surface area contributed by atoms with Gasteiger partial charge < -0.3 is 14.2 Å². The second-order valence-electron chi connectivity index (χ2n) is 7.79. The van der Waals surface area contributed by atoms with Gasteiger partial charge in [-0.3, -0.25) is 4.79 Å². The fraction of sp³-hybridized carbons (Fsp3) is 0.375. The normalized spacial score (nSPS) is 15.1. The number of ether oxygens (including phenoxy) is 1. The quantitative estimate of drug-likeness (QED) is 0.648. The van der Waals surface area contributed by atoms with E-state index in [4.69, 9.17) is 4.74 Å². The van der Waals surface area contributed by atoms with Gasteiger partial charge in [-0.25, -0.2) is 0 Å². The molecule has 0 N–H and O–H groups in total. The van der Waals surface area contributed by atoms with E-state index in [0.29, 0.717) is 5.92 Å². The molecule has 4 heteroatoms. The van der Waals surface area contributed by atoms with Gasteiger partial charge in [0.05, 0.1) is 12.7 Å². The smallest absolute Gasteiger partial charge is 0.256 e. The van der Waals surface area contributed by atoms with E-state index in [9.17, 15) is 4.79 Å². The highest BCUT2D eigenvalue weighted by molar-refractivity contribution is 6.07. The van der Waals surface area contributed by atoms with Crippen molar-refractivity contribution in [2.75, 3.05) is 20.2 Å². The molecule has 1 aliphatic heterocycles. The van der Waals surface area contributed by atoms with Crippen molar-refractivity contribution in [2.24, 2.45) is 13.0 Å². The van der Waals surface area contributed by atoms with Crippen LogP contribution in [0.4, 0.5) is 0 Å². The number of carbonyl (C=O) groups excluding carboxylic acids is 1. The summed E-state index contributed by atoms with van der Waals surface area (Å²) in [6.45, 7) is 1.71. The van der Waals surface area contributed by atoms with Crippen LogP contribution in [0.2, 0.25) is 0 Å². The third kappa shape index (κ3) is 3.77. The van der Waals surface area contributed by atoms with Crippen LogP contribution in [-0.2, 0) is 13.5 Å². The molecule has 0 spiro atoms. The van der Waals surface area contributed by atoms with Gasteiger partial charge in [-0.1, -0.05) is 30.3 Å². The van der Waals surface area contributed by atoms with Crippen LogP contribution in [0.1, 0.15) is 35.2 Å². The number of hydrogen-bond acceptors (Lipinski definition) is 2. The molecule has 1 saturated heterocycles. The molecule has 0 saturated carbocycles. The summed E-state index contributed by atoms with van der Waals surface area (Å²) in [5, 5.41) is 1.05. The molecular weight excluding hydrogens is 348 g/mol. The SMILES string of the molecule is COc1ccc(CCC2CCN(C(=O)c3cn(C)c4ccccc34)CC2)cc1. The van der Waals surface area contributed by atoms with Crippen LogP contribution in [0.15, 0.2) is 54.7 Å². The van der Waals surface area contributed by atoms with E-state index in [1.165, 1.54) is 12.0 Å². The van der Waals surface area contributed by atoms with Crippen molar-refractivity contribution >= 4 is 16.8 Å². The maximum Gasteiger partial charge on any atom is 0.256 e. The van der Waals surface area contributed by atoms with Crippen LogP contribution in [-0.4, -0.2) is 35.6 Å². The van der Waals surface area contributed by atoms with Crippen LogP contribution >= 0.6 is 0 Å². The van der Waals surface area contributed by atoms with Crippen LogP contribution in [0.3, 0.4) is 0 Å². The number of piperidine rings is 1. The lowest BCUT2D eigenvalue weighted by molar-refractivity contribution is 0.0688. The largest absolute Gasteiger partial charge is 0.497 e. The maximum atomic E-state index is 13.1. The van der Waals surface area contributed by atoms with Gasteiger partial charge in [0, 0.05) is 37.2 Å². The summed E-state index contributed by atoms with van der Waals surface area (Å²) in [5.41, 5.74) is 3.30. The standard InChI is InChI=1S/C24H28N2O2/c1-25-17-22(21-5-3-4-6-23(21)25)24(27)26-15-13-19(14-16-26)8-7-18-9-11-20(28-2)12-10-18/h3-6,9-12,17,19H,7-8,13-16H2,1-2H3. The maximum absolute atomic E-state index is 13.1. The summed E-state index contributed by atoms with van der Waals surface area (Å²) in [5.74, 6) is 1.77. The van der Waals surface area contributed by atoms with Gasteiger partial charge in [-0.05, 0) is 55.4 Å². The number of carbonyl (C=O) groups is 1. The van der Waals surface area contributed by atoms with Crippen LogP contribution in [0.25, 0.3) is 10.9 Å². The number of para-hydroxylation sites is 1. The van der Waals surface area contributed by atoms with Gasteiger partial charge in [-0.2, -0.15) is 0 Å². The first-order valence-corrected chi connectivity index (χ1v) is 10.1. The number of hydrogen-bond donors (Lipinski definition) is 0. The van der Waals surface area contributed by atoms with Crippen molar-refractivity contribution in [2.45, 2.75) is 25.7 Å². The zero-order chi connectivity index (χ0) is 19.5. The van der Waals surface area contributed by atoms with Crippen molar-refractivity contribution in [3.63, 3.8) is 0 Å². The molecular formula is C24H28N2O2. The lowest BCUT2D eigenvalue weighted by Crippen LogP contribution is -2.38. The fourth-order valence-corrected chi connectivity index (χ4v) is 4.27. The molecule has 0 bridgehead atoms. The van der Waals surface area contributed by atoms with Gasteiger partial charge in [-0.15, -0.1) is 0 Å². The number of likely N-dealkylation sites (tertiary alicyclic amines) is 1. The van der Waals surface area contributed by atoms with E-state index in [1.807, 2.05) is 53.0 Å². The monoisotopic (exact) mass is 376 g/mol. The summed E-state index contributed by atoms with van der Waals surface area (Å²) >= 11 is 0. The minimum absolute atomic E-state index is 0.172. The number of aryl methyl sites for hydroxylation is 2. The number of nitrogens with zero attached hydrogens (tertiary/aromatic N) is 2. The highest BCUT2D eigenvalue weighted by Gasteiger charge is 2.25. The Balaban J connectivity index is 1.33. The molecule has 28 heavy (non-hydrogen) atoms. The molecule has 1 aromatic heterocycles. The van der Waals surface area contributed by atoms with Crippen molar-refractivity contribution < 1.29 is 9.53 Å². The second-order valence-corrected chi connectivity index (χ2v) is 7.79. The highest BCUT2D eigenvalue weighted by Crippen LogP contribution is 2.27. The molecule has 0 radical (unpaired) electrons. The molecule has 0 aliphatic carbocycles. The molecule has 2 heterocycles. The lowest BCUT2D eigenvalue weighted by Gasteiger charge is -2.32. The third-order valence-electron chi connectivity index (χ3n) is 6.03. The summed E-state index contributed by atoms with van der Waals surface area (Å²) < 4.78 is 7.27. The first-order valence-electron chi connectivity index (χ1n) is 10.1. The highest BCUT2D eigenvalue weighted by atomic mass is 16.5. The van der Waals surface area contributed by atoms with Gasteiger partial charge >= 0.3 is 0 Å². The Kier molecular flexibility index (Phi) is 5.38. The zero-order valence-corrected chi connectivity index (χ0v) is 16.7. The Hall–Kier alpha value is -2.75. The van der Waals surface area contributed by atoms with E-state index in [0.717, 1.165) is 54.6 Å². The van der Waals surface area contributed by atoms with Gasteiger partial charge in [0.25, 0.3) is 5.91 Å². The second kappa shape index (κ2) is 8.09. The van der Waals surface area contributed by atoms with E-state index >= 15 is 0 Å². The molecule has 2 aromatic carbocycles. The minimum atomic E-state index is 0.172. The van der Waals surface area contributed by atoms with Crippen molar-refractivity contribution in [3.8, 4) is 5.75 Å². The van der Waals surface area contributed by atoms with Crippen LogP contribution in [0, 0.1) is 5.92 Å². The first kappa shape index (κ1) is 18.6. The zero-order valence-electron chi connectivity index (χ0n) is 16.7. The number of benzene rings is 2. The van der Waals surface area contributed by atoms with Crippen molar-refractivity contribution in [3.05, 3.63) is 65.9 Å². The summed E-state index contributed by atoms with van der Waals surface area (Å²) in [4.78, 5) is 15.1. The van der Waals surface area contributed by atoms with Crippen LogP contribution < -0.4 is 4.74 Å². The minimum Gasteiger partial charge on any atom is -0.497 e. The van der Waals surface area contributed by atoms with E-state index < -0.39 is 0 Å². The van der Waals surface area contributed by atoms with Crippen molar-refractivity contribution in [1.82, 2.24) is 9.47 Å². The summed E-state index contributed by atoms with van der Waals surface area (Å²) in [6.07, 6.45) is 6.43. The average Bonchev–Trinajstić information content (AvgIpc) is 3.09. The van der Waals surface area contributed by atoms with Gasteiger partial charge in [0.2, 0.25) is 0 Å². The lowest BCUT2D eigenvalue weighted by atomic mass is 9.90. The van der Waals surface area contributed by atoms with Gasteiger partial charge in [0.15, 0.2) is 0 Å². The first-order chi connectivity index (χ1) is 13.7. The summed E-state index contributed by atoms with van der Waals surface area (Å²) in [6, 6.07) is 16.5. The Morgan fingerprint density at radius 1 is 1.07 bits per heavy atom. The Morgan fingerprint density at radius 3 is 2.50 bits per heavy atom. The van der Waals surface area contributed by atoms with Crippen LogP contribution in [0.5, 0.6) is 5.75 Å². The van der Waals surface area contributed by atoms with E-state index in [1.54, 1.807) is 7.11 Å². The molecule has 4 nitrogen and oxygen atoms in total. The molecule has 1 aliphatic rings. The molecule has 0 atom stereocenters. The predicted octanol–water partition coefficient (Wildman–Crippen LogP) is 4.67. The van der Waals surface area contributed by atoms with Crippen molar-refractivity contribution in [1.29, 1.82) is 0 Å². The molecule has 3 aromatic rings. The fourth-order valence-electron chi connectivity index (χ4n) is 4.27. The molecule has 0 unspecified atom stereocenters. The third-order valence-corrected chi connectivity index (χ3v) is 6.03. The molecule has 4 rings (SSSR count). The average molecular weight is 377 g/mol. The Morgan fingerprint density at radius 2 is 1.79 bits per heavy atom. The number of fused-ring (bicyclic) bond motifs is 1. The Bertz CT molecular complexity index is 950. The molecule has 1 amide bonds. The Labute approximate surface area is 166 Å². The van der Waals surface area contributed by atoms with E-state index in [2.05, 4.69) is 18.2 Å². The van der Waals surface area contributed by atoms with E-state index in [-0.39, 0.29) is 5.91 Å². The van der Waals surface area contributed by atoms with Gasteiger partial charge in [0.1, 0.15) is 5.75 Å². The number of methoxy groups -OCH3 is 1. The number of amides is 1. The molecule has 1 fully saturated rings. The summed E-state index contributed by atoms with van der Waals surface area (Å²) in [7, 11) is 3.70. The predicted molar refractivity (Wildman–Crippen MR) is 113 cm³/mol. The number of aromatic nitrogens is 1.